The van der Waals surface area contributed by atoms with Gasteiger partial charge in [0.25, 0.3) is 0 Å². The molecule has 4 N–H and O–H groups in total. The number of rotatable bonds is 35. The van der Waals surface area contributed by atoms with Crippen LogP contribution in [0.15, 0.2) is 48.6 Å². The molecule has 3 unspecified atom stereocenters. The van der Waals surface area contributed by atoms with Crippen LogP contribution >= 0.6 is 7.82 Å². The van der Waals surface area contributed by atoms with E-state index in [0.29, 0.717) is 13.0 Å². The number of carbonyl (C=O) groups is 2. The molecule has 0 aliphatic rings. The van der Waals surface area contributed by atoms with Crippen LogP contribution < -0.4 is 5.73 Å². The summed E-state index contributed by atoms with van der Waals surface area (Å²) in [5.41, 5.74) is 5.33. The summed E-state index contributed by atoms with van der Waals surface area (Å²) in [5, 5.41) is 8.86. The van der Waals surface area contributed by atoms with Gasteiger partial charge in [0.15, 0.2) is 0 Å². The molecule has 0 radical (unpaired) electrons. The average Bonchev–Trinajstić information content (AvgIpc) is 3.07. The number of hydrogen-bond acceptors (Lipinski definition) is 8. The third-order valence-corrected chi connectivity index (χ3v) is 8.57. The Morgan fingerprint density at radius 1 is 0.673 bits per heavy atom. The summed E-state index contributed by atoms with van der Waals surface area (Å²) in [4.78, 5) is 33.3. The van der Waals surface area contributed by atoms with Gasteiger partial charge in [-0.25, -0.2) is 4.57 Å². The minimum atomic E-state index is -4.62. The standard InChI is InChI=1S/C38H68NO9P/c1-3-5-7-9-11-13-15-17-18-19-20-22-24-26-28-30-37(40)48-35(33-46-49(43,44)47-34-36(39)38(41)42)32-45-31-29-27-25-23-21-16-14-12-10-8-6-4-2/h5,7,11,13,17-18,20,22,35-36H,3-4,6,8-10,12,14-16,19,21,23-34,39H2,1-2H3,(H,41,42)(H,43,44)/b7-5-,13-11-,18-17-,22-20-. The Morgan fingerprint density at radius 2 is 1.18 bits per heavy atom. The topological polar surface area (TPSA) is 155 Å². The molecule has 284 valence electrons. The first kappa shape index (κ1) is 46.9. The van der Waals surface area contributed by atoms with Crippen molar-refractivity contribution in [2.75, 3.05) is 26.4 Å². The number of aliphatic carboxylic acids is 1. The number of carbonyl (C=O) groups excluding carboxylic acids is 1. The van der Waals surface area contributed by atoms with Gasteiger partial charge in [-0.05, 0) is 51.4 Å². The van der Waals surface area contributed by atoms with E-state index in [0.717, 1.165) is 57.8 Å². The first-order valence-corrected chi connectivity index (χ1v) is 20.2. The molecule has 0 rings (SSSR count). The van der Waals surface area contributed by atoms with E-state index < -0.39 is 45.1 Å². The highest BCUT2D eigenvalue weighted by Gasteiger charge is 2.27. The monoisotopic (exact) mass is 713 g/mol. The van der Waals surface area contributed by atoms with Gasteiger partial charge in [0.2, 0.25) is 0 Å². The van der Waals surface area contributed by atoms with E-state index >= 15 is 0 Å². The zero-order chi connectivity index (χ0) is 36.3. The molecule has 0 saturated heterocycles. The molecule has 0 heterocycles. The summed E-state index contributed by atoms with van der Waals surface area (Å²) in [5.74, 6) is -1.82. The van der Waals surface area contributed by atoms with Gasteiger partial charge in [-0.15, -0.1) is 0 Å². The quantitative estimate of drug-likeness (QED) is 0.0250. The van der Waals surface area contributed by atoms with Crippen molar-refractivity contribution in [2.45, 2.75) is 154 Å². The largest absolute Gasteiger partial charge is 0.480 e. The number of unbranched alkanes of at least 4 members (excludes halogenated alkanes) is 13. The zero-order valence-corrected chi connectivity index (χ0v) is 31.4. The number of ether oxygens (including phenoxy) is 2. The van der Waals surface area contributed by atoms with Crippen LogP contribution in [0.5, 0.6) is 0 Å². The van der Waals surface area contributed by atoms with Crippen LogP contribution in [0.4, 0.5) is 0 Å². The molecule has 3 atom stereocenters. The summed E-state index contributed by atoms with van der Waals surface area (Å²) in [6.07, 6.45) is 37.4. The van der Waals surface area contributed by atoms with Crippen LogP contribution in [0.25, 0.3) is 0 Å². The third-order valence-electron chi connectivity index (χ3n) is 7.62. The first-order valence-electron chi connectivity index (χ1n) is 18.7. The van der Waals surface area contributed by atoms with Crippen LogP contribution in [0, 0.1) is 0 Å². The second-order valence-electron chi connectivity index (χ2n) is 12.3. The van der Waals surface area contributed by atoms with E-state index in [-0.39, 0.29) is 13.0 Å². The van der Waals surface area contributed by atoms with Crippen molar-refractivity contribution in [2.24, 2.45) is 5.73 Å². The molecule has 0 bridgehead atoms. The second-order valence-corrected chi connectivity index (χ2v) is 13.8. The number of esters is 1. The summed E-state index contributed by atoms with van der Waals surface area (Å²) < 4.78 is 33.1. The van der Waals surface area contributed by atoms with Gasteiger partial charge in [0.05, 0.1) is 19.8 Å². The smallest absolute Gasteiger partial charge is 0.472 e. The predicted octanol–water partition coefficient (Wildman–Crippen LogP) is 9.53. The van der Waals surface area contributed by atoms with Gasteiger partial charge in [-0.2, -0.15) is 0 Å². The lowest BCUT2D eigenvalue weighted by atomic mass is 10.1. The van der Waals surface area contributed by atoms with Crippen LogP contribution in [0.2, 0.25) is 0 Å². The lowest BCUT2D eigenvalue weighted by Gasteiger charge is -2.20. The van der Waals surface area contributed by atoms with Crippen molar-refractivity contribution in [3.05, 3.63) is 48.6 Å². The van der Waals surface area contributed by atoms with Gasteiger partial charge in [-0.1, -0.05) is 133 Å². The molecule has 0 aromatic heterocycles. The zero-order valence-electron chi connectivity index (χ0n) is 30.5. The molecule has 0 aromatic carbocycles. The van der Waals surface area contributed by atoms with Gasteiger partial charge in [0, 0.05) is 13.0 Å². The van der Waals surface area contributed by atoms with Crippen LogP contribution in [-0.4, -0.2) is 60.5 Å². The number of phosphoric ester groups is 1. The molecule has 11 heteroatoms. The summed E-state index contributed by atoms with van der Waals surface area (Å²) in [6, 6.07) is -1.48. The fraction of sp³-hybridized carbons (Fsp3) is 0.737. The van der Waals surface area contributed by atoms with Crippen LogP contribution in [0.1, 0.15) is 142 Å². The maximum Gasteiger partial charge on any atom is 0.472 e. The van der Waals surface area contributed by atoms with Gasteiger partial charge in [-0.3, -0.25) is 18.6 Å². The average molecular weight is 714 g/mol. The van der Waals surface area contributed by atoms with E-state index in [4.69, 9.17) is 24.8 Å². The summed E-state index contributed by atoms with van der Waals surface area (Å²) >= 11 is 0. The molecule has 0 saturated carbocycles. The van der Waals surface area contributed by atoms with Gasteiger partial charge >= 0.3 is 19.8 Å². The van der Waals surface area contributed by atoms with Crippen molar-refractivity contribution in [3.63, 3.8) is 0 Å². The van der Waals surface area contributed by atoms with Crippen molar-refractivity contribution in [1.82, 2.24) is 0 Å². The SMILES string of the molecule is CC/C=C\C/C=C\C/C=C\C/C=C\CCCCC(=O)OC(COCCCCCCCCCCCCCC)COP(=O)(O)OCC(N)C(=O)O. The van der Waals surface area contributed by atoms with E-state index in [1.807, 2.05) is 0 Å². The number of allylic oxidation sites excluding steroid dienone is 8. The van der Waals surface area contributed by atoms with Gasteiger partial charge < -0.3 is 25.2 Å². The second kappa shape index (κ2) is 34.4. The normalized spacial score (nSPS) is 14.7. The number of nitrogens with two attached hydrogens (primary N) is 1. The molecule has 0 aliphatic carbocycles. The molecule has 0 amide bonds. The Balaban J connectivity index is 4.41. The summed E-state index contributed by atoms with van der Waals surface area (Å²) in [7, 11) is -4.62. The molecular formula is C38H68NO9P. The Kier molecular flexibility index (Phi) is 32.9. The summed E-state index contributed by atoms with van der Waals surface area (Å²) in [6.45, 7) is 3.69. The number of carboxylic acid groups (broad SMARTS) is 1. The number of carboxylic acids is 1. The van der Waals surface area contributed by atoms with E-state index in [1.54, 1.807) is 0 Å². The maximum atomic E-state index is 12.5. The Morgan fingerprint density at radius 3 is 1.73 bits per heavy atom. The third kappa shape index (κ3) is 34.2. The predicted molar refractivity (Wildman–Crippen MR) is 198 cm³/mol. The number of hydrogen-bond donors (Lipinski definition) is 3. The highest BCUT2D eigenvalue weighted by Crippen LogP contribution is 2.43. The fourth-order valence-corrected chi connectivity index (χ4v) is 5.49. The van der Waals surface area contributed by atoms with Crippen molar-refractivity contribution >= 4 is 19.8 Å². The lowest BCUT2D eigenvalue weighted by Crippen LogP contribution is -2.34. The van der Waals surface area contributed by atoms with E-state index in [2.05, 4.69) is 67.0 Å². The van der Waals surface area contributed by atoms with Crippen LogP contribution in [0.3, 0.4) is 0 Å². The molecule has 0 aromatic rings. The highest BCUT2D eigenvalue weighted by atomic mass is 31.2. The lowest BCUT2D eigenvalue weighted by molar-refractivity contribution is -0.154. The highest BCUT2D eigenvalue weighted by molar-refractivity contribution is 7.47. The molecule has 10 nitrogen and oxygen atoms in total. The molecule has 0 spiro atoms. The minimum absolute atomic E-state index is 0.000360. The minimum Gasteiger partial charge on any atom is -0.480 e. The Hall–Kier alpha value is -2.07. The van der Waals surface area contributed by atoms with Crippen molar-refractivity contribution in [3.8, 4) is 0 Å². The molecular weight excluding hydrogens is 645 g/mol. The first-order chi connectivity index (χ1) is 23.7. The fourth-order valence-electron chi connectivity index (χ4n) is 4.71. The van der Waals surface area contributed by atoms with Gasteiger partial charge in [0.1, 0.15) is 12.1 Å². The molecule has 49 heavy (non-hydrogen) atoms. The Labute approximate surface area is 297 Å². The van der Waals surface area contributed by atoms with Crippen molar-refractivity contribution in [1.29, 1.82) is 0 Å². The number of phosphoric acid groups is 1. The maximum absolute atomic E-state index is 12.5. The van der Waals surface area contributed by atoms with Crippen molar-refractivity contribution < 1.29 is 42.7 Å². The molecule has 0 fully saturated rings. The van der Waals surface area contributed by atoms with Crippen LogP contribution in [-0.2, 0) is 32.7 Å². The van der Waals surface area contributed by atoms with E-state index in [1.165, 1.54) is 57.8 Å². The molecule has 0 aliphatic heterocycles. The Bertz CT molecular complexity index is 967. The van der Waals surface area contributed by atoms with E-state index in [9.17, 15) is 19.0 Å².